The van der Waals surface area contributed by atoms with Crippen molar-refractivity contribution in [1.29, 1.82) is 0 Å². The van der Waals surface area contributed by atoms with Crippen molar-refractivity contribution >= 4 is 12.6 Å². The van der Waals surface area contributed by atoms with Crippen molar-refractivity contribution in [3.8, 4) is 22.3 Å². The van der Waals surface area contributed by atoms with E-state index in [1.165, 1.54) is 44.5 Å². The second-order valence-electron chi connectivity index (χ2n) is 10.7. The lowest BCUT2D eigenvalue weighted by Gasteiger charge is -2.32. The molecule has 1 fully saturated rings. The molecule has 3 aliphatic rings. The highest BCUT2D eigenvalue weighted by Gasteiger charge is 2.57. The zero-order valence-electron chi connectivity index (χ0n) is 20.1. The van der Waals surface area contributed by atoms with Crippen LogP contribution in [0, 0.1) is 0 Å². The summed E-state index contributed by atoms with van der Waals surface area (Å²) in [7, 11) is -0.425. The molecule has 2 aliphatic carbocycles. The Balaban J connectivity index is 1.61. The number of rotatable bonds is 1. The number of hydrogen-bond donors (Lipinski definition) is 0. The highest BCUT2D eigenvalue weighted by atomic mass is 16.7. The lowest BCUT2D eigenvalue weighted by molar-refractivity contribution is 0.00578. The first-order chi connectivity index (χ1) is 16.4. The summed E-state index contributed by atoms with van der Waals surface area (Å²) < 4.78 is 13.3. The summed E-state index contributed by atoms with van der Waals surface area (Å²) in [5, 5.41) is 0. The molecule has 34 heavy (non-hydrogen) atoms. The maximum Gasteiger partial charge on any atom is 0.495 e. The summed E-state index contributed by atoms with van der Waals surface area (Å²) in [6.07, 6.45) is 0. The minimum Gasteiger partial charge on any atom is -0.399 e. The third kappa shape index (κ3) is 2.29. The molecule has 0 amide bonds. The molecule has 0 bridgehead atoms. The SMILES string of the molecule is CC1(C)OB(c2cccc3c2C2(c4ccccc4-c4ccccc42)c2ccccc2-3)OC1(C)C. The number of hydrogen-bond acceptors (Lipinski definition) is 2. The molecular weight excluding hydrogens is 415 g/mol. The molecule has 4 aromatic carbocycles. The van der Waals surface area contributed by atoms with Crippen molar-refractivity contribution < 1.29 is 9.31 Å². The highest BCUT2D eigenvalue weighted by molar-refractivity contribution is 6.63. The van der Waals surface area contributed by atoms with Crippen molar-refractivity contribution in [2.45, 2.75) is 44.3 Å². The van der Waals surface area contributed by atoms with Gasteiger partial charge in [0, 0.05) is 0 Å². The van der Waals surface area contributed by atoms with Crippen LogP contribution in [0.4, 0.5) is 0 Å². The van der Waals surface area contributed by atoms with Crippen molar-refractivity contribution in [3.63, 3.8) is 0 Å². The molecule has 2 nitrogen and oxygen atoms in total. The van der Waals surface area contributed by atoms with Crippen molar-refractivity contribution in [1.82, 2.24) is 0 Å². The lowest BCUT2D eigenvalue weighted by Crippen LogP contribution is -2.42. The fourth-order valence-electron chi connectivity index (χ4n) is 6.35. The summed E-state index contributed by atoms with van der Waals surface area (Å²) in [6, 6.07) is 33.3. The third-order valence-electron chi connectivity index (χ3n) is 8.55. The van der Waals surface area contributed by atoms with Gasteiger partial charge in [-0.05, 0) is 77.7 Å². The number of benzene rings is 4. The van der Waals surface area contributed by atoms with Gasteiger partial charge in [-0.25, -0.2) is 0 Å². The lowest BCUT2D eigenvalue weighted by atomic mass is 9.63. The number of fused-ring (bicyclic) bond motifs is 10. The molecule has 0 atom stereocenters. The van der Waals surface area contributed by atoms with E-state index in [0.29, 0.717) is 0 Å². The van der Waals surface area contributed by atoms with Gasteiger partial charge in [0.2, 0.25) is 0 Å². The Hall–Kier alpha value is -3.14. The van der Waals surface area contributed by atoms with E-state index in [1.807, 2.05) is 0 Å². The van der Waals surface area contributed by atoms with Crippen molar-refractivity contribution in [2.75, 3.05) is 0 Å². The molecule has 0 saturated carbocycles. The monoisotopic (exact) mass is 442 g/mol. The first-order valence-corrected chi connectivity index (χ1v) is 12.1. The summed E-state index contributed by atoms with van der Waals surface area (Å²) in [5.74, 6) is 0. The van der Waals surface area contributed by atoms with Crippen LogP contribution in [-0.4, -0.2) is 18.3 Å². The topological polar surface area (TPSA) is 18.5 Å². The van der Waals surface area contributed by atoms with Crippen LogP contribution in [0.15, 0.2) is 91.0 Å². The van der Waals surface area contributed by atoms with E-state index in [0.717, 1.165) is 5.46 Å². The predicted molar refractivity (Wildman–Crippen MR) is 138 cm³/mol. The van der Waals surface area contributed by atoms with Crippen LogP contribution in [0.25, 0.3) is 22.3 Å². The molecular formula is C31H27BO2. The molecule has 0 aromatic heterocycles. The van der Waals surface area contributed by atoms with E-state index in [2.05, 4.69) is 119 Å². The average Bonchev–Trinajstić information content (AvgIpc) is 3.39. The Morgan fingerprint density at radius 1 is 0.500 bits per heavy atom. The molecule has 1 heterocycles. The fourth-order valence-corrected chi connectivity index (χ4v) is 6.35. The zero-order chi connectivity index (χ0) is 23.3. The predicted octanol–water partition coefficient (Wildman–Crippen LogP) is 6.33. The van der Waals surface area contributed by atoms with E-state index in [-0.39, 0.29) is 5.41 Å². The molecule has 0 radical (unpaired) electrons. The Morgan fingerprint density at radius 3 is 1.41 bits per heavy atom. The molecule has 1 aliphatic heterocycles. The van der Waals surface area contributed by atoms with E-state index in [1.54, 1.807) is 0 Å². The second kappa shape index (κ2) is 6.50. The van der Waals surface area contributed by atoms with Crippen LogP contribution in [-0.2, 0) is 14.7 Å². The van der Waals surface area contributed by atoms with Gasteiger partial charge in [0.25, 0.3) is 0 Å². The molecule has 4 aromatic rings. The van der Waals surface area contributed by atoms with E-state index < -0.39 is 18.3 Å². The molecule has 0 N–H and O–H groups in total. The largest absolute Gasteiger partial charge is 0.495 e. The fraction of sp³-hybridized carbons (Fsp3) is 0.226. The summed E-state index contributed by atoms with van der Waals surface area (Å²) in [6.45, 7) is 8.50. The average molecular weight is 442 g/mol. The van der Waals surface area contributed by atoms with Crippen LogP contribution >= 0.6 is 0 Å². The van der Waals surface area contributed by atoms with Gasteiger partial charge in [-0.3, -0.25) is 0 Å². The first-order valence-electron chi connectivity index (χ1n) is 12.1. The normalized spacial score (nSPS) is 19.6. The van der Waals surface area contributed by atoms with Crippen molar-refractivity contribution in [3.05, 3.63) is 113 Å². The summed E-state index contributed by atoms with van der Waals surface area (Å²) in [4.78, 5) is 0. The van der Waals surface area contributed by atoms with Gasteiger partial charge < -0.3 is 9.31 Å². The van der Waals surface area contributed by atoms with Crippen LogP contribution in [0.3, 0.4) is 0 Å². The van der Waals surface area contributed by atoms with Gasteiger partial charge in [0.15, 0.2) is 0 Å². The van der Waals surface area contributed by atoms with Crippen LogP contribution < -0.4 is 5.46 Å². The first kappa shape index (κ1) is 20.3. The van der Waals surface area contributed by atoms with Crippen LogP contribution in [0.2, 0.25) is 0 Å². The van der Waals surface area contributed by atoms with Gasteiger partial charge in [-0.2, -0.15) is 0 Å². The Bertz CT molecular complexity index is 1400. The van der Waals surface area contributed by atoms with E-state index >= 15 is 0 Å². The third-order valence-corrected chi connectivity index (χ3v) is 8.55. The molecule has 0 unspecified atom stereocenters. The summed E-state index contributed by atoms with van der Waals surface area (Å²) in [5.41, 5.74) is 10.4. The van der Waals surface area contributed by atoms with Crippen molar-refractivity contribution in [2.24, 2.45) is 0 Å². The quantitative estimate of drug-likeness (QED) is 0.277. The molecule has 1 saturated heterocycles. The van der Waals surface area contributed by atoms with Gasteiger partial charge in [-0.1, -0.05) is 91.0 Å². The minimum atomic E-state index is -0.425. The summed E-state index contributed by atoms with van der Waals surface area (Å²) >= 11 is 0. The maximum atomic E-state index is 6.63. The smallest absolute Gasteiger partial charge is 0.399 e. The molecule has 7 rings (SSSR count). The van der Waals surface area contributed by atoms with E-state index in [9.17, 15) is 0 Å². The van der Waals surface area contributed by atoms with Gasteiger partial charge in [-0.15, -0.1) is 0 Å². The minimum absolute atomic E-state index is 0.390. The second-order valence-corrected chi connectivity index (χ2v) is 10.7. The Morgan fingerprint density at radius 2 is 0.912 bits per heavy atom. The zero-order valence-corrected chi connectivity index (χ0v) is 20.1. The van der Waals surface area contributed by atoms with E-state index in [4.69, 9.17) is 9.31 Å². The van der Waals surface area contributed by atoms with Crippen LogP contribution in [0.1, 0.15) is 49.9 Å². The Labute approximate surface area is 201 Å². The van der Waals surface area contributed by atoms with Gasteiger partial charge in [0.05, 0.1) is 16.6 Å². The Kier molecular flexibility index (Phi) is 3.87. The van der Waals surface area contributed by atoms with Gasteiger partial charge >= 0.3 is 7.12 Å². The molecule has 166 valence electrons. The van der Waals surface area contributed by atoms with Gasteiger partial charge in [0.1, 0.15) is 0 Å². The highest BCUT2D eigenvalue weighted by Crippen LogP contribution is 2.62. The molecule has 3 heteroatoms. The maximum absolute atomic E-state index is 6.63. The van der Waals surface area contributed by atoms with Crippen LogP contribution in [0.5, 0.6) is 0 Å². The molecule has 1 spiro atoms. The standard InChI is InChI=1S/C31H27BO2/c1-29(2)30(3,4)34-32(33-29)27-19-11-15-23-22-14-7-10-18-26(22)31(28(23)27)24-16-8-5-12-20(24)21-13-6-9-17-25(21)31/h5-19H,1-4H3.